The molecule has 1 N–H and O–H groups in total. The van der Waals surface area contributed by atoms with Gasteiger partial charge in [-0.05, 0) is 11.1 Å². The second-order valence-electron chi connectivity index (χ2n) is 6.17. The van der Waals surface area contributed by atoms with Gasteiger partial charge in [0.25, 0.3) is 0 Å². The summed E-state index contributed by atoms with van der Waals surface area (Å²) in [5, 5.41) is 0. The fourth-order valence-electron chi connectivity index (χ4n) is 3.10. The van der Waals surface area contributed by atoms with Crippen LogP contribution in [0.1, 0.15) is 32.8 Å². The van der Waals surface area contributed by atoms with Gasteiger partial charge >= 0.3 is 0 Å². The molecule has 5 heteroatoms. The highest BCUT2D eigenvalue weighted by Gasteiger charge is 2.41. The molecule has 2 aromatic carbocycles. The monoisotopic (exact) mass is 371 g/mol. The summed E-state index contributed by atoms with van der Waals surface area (Å²) < 4.78 is 11.9. The van der Waals surface area contributed by atoms with E-state index in [1.807, 2.05) is 51.1 Å². The zero-order valence-electron chi connectivity index (χ0n) is 16.5. The summed E-state index contributed by atoms with van der Waals surface area (Å²) in [6.07, 6.45) is 0.423. The summed E-state index contributed by atoms with van der Waals surface area (Å²) in [5.41, 5.74) is 5.57. The number of nitrogens with one attached hydrogen (secondary N) is 1. The summed E-state index contributed by atoms with van der Waals surface area (Å²) in [7, 11) is 1.42. The molecule has 0 bridgehead atoms. The number of hydrogen-bond acceptors (Lipinski definition) is 4. The van der Waals surface area contributed by atoms with Crippen molar-refractivity contribution in [2.75, 3.05) is 20.3 Å². The van der Waals surface area contributed by atoms with Crippen LogP contribution in [-0.4, -0.2) is 26.2 Å². The highest BCUT2D eigenvalue weighted by atomic mass is 16.7. The molecule has 0 aromatic heterocycles. The molecule has 1 saturated heterocycles. The predicted octanol–water partition coefficient (Wildman–Crippen LogP) is 4.28. The van der Waals surface area contributed by atoms with Gasteiger partial charge in [0.1, 0.15) is 0 Å². The van der Waals surface area contributed by atoms with Crippen molar-refractivity contribution in [1.29, 1.82) is 0 Å². The molecular weight excluding hydrogens is 342 g/mol. The molecule has 3 rings (SSSR count). The van der Waals surface area contributed by atoms with Gasteiger partial charge in [0.05, 0.1) is 20.3 Å². The quantitative estimate of drug-likeness (QED) is 0.770. The molecule has 0 radical (unpaired) electrons. The van der Waals surface area contributed by atoms with Gasteiger partial charge in [-0.15, -0.1) is 0 Å². The van der Waals surface area contributed by atoms with Crippen molar-refractivity contribution >= 4 is 5.91 Å². The molecule has 0 unspecified atom stereocenters. The van der Waals surface area contributed by atoms with Crippen molar-refractivity contribution in [3.8, 4) is 11.1 Å². The Hall–Kier alpha value is -2.21. The average molecular weight is 371 g/mol. The van der Waals surface area contributed by atoms with Gasteiger partial charge in [0, 0.05) is 17.9 Å². The minimum absolute atomic E-state index is 0.193. The Morgan fingerprint density at radius 2 is 1.59 bits per heavy atom. The zero-order valence-corrected chi connectivity index (χ0v) is 16.5. The van der Waals surface area contributed by atoms with E-state index in [1.165, 1.54) is 7.11 Å². The molecule has 27 heavy (non-hydrogen) atoms. The molecule has 0 aliphatic carbocycles. The maximum Gasteiger partial charge on any atom is 0.246 e. The molecule has 1 aliphatic heterocycles. The normalized spacial score (nSPS) is 16.1. The van der Waals surface area contributed by atoms with Crippen molar-refractivity contribution < 1.29 is 19.1 Å². The third kappa shape index (κ3) is 5.16. The molecule has 5 nitrogen and oxygen atoms in total. The number of amides is 1. The first-order chi connectivity index (χ1) is 13.1. The molecule has 2 aromatic rings. The van der Waals surface area contributed by atoms with Gasteiger partial charge < -0.3 is 9.47 Å². The molecule has 0 saturated carbocycles. The van der Waals surface area contributed by atoms with Crippen molar-refractivity contribution in [2.24, 2.45) is 5.92 Å². The van der Waals surface area contributed by atoms with Crippen molar-refractivity contribution in [2.45, 2.75) is 33.0 Å². The fraction of sp³-hybridized carbons (Fsp3) is 0.409. The van der Waals surface area contributed by atoms with Crippen LogP contribution in [0.25, 0.3) is 11.1 Å². The second-order valence-corrected chi connectivity index (χ2v) is 6.17. The number of rotatable bonds is 6. The first kappa shape index (κ1) is 21.1. The maximum atomic E-state index is 12.0. The lowest BCUT2D eigenvalue weighted by atomic mass is 9.92. The minimum Gasteiger partial charge on any atom is -0.343 e. The summed E-state index contributed by atoms with van der Waals surface area (Å²) in [6, 6.07) is 18.3. The summed E-state index contributed by atoms with van der Waals surface area (Å²) in [5.74, 6) is -1.39. The number of ether oxygens (including phenoxy) is 2. The first-order valence-electron chi connectivity index (χ1n) is 9.41. The minimum atomic E-state index is -0.889. The third-order valence-corrected chi connectivity index (χ3v) is 4.41. The summed E-state index contributed by atoms with van der Waals surface area (Å²) >= 11 is 0. The van der Waals surface area contributed by atoms with E-state index in [9.17, 15) is 4.79 Å². The number of benzene rings is 2. The van der Waals surface area contributed by atoms with Gasteiger partial charge in [0.15, 0.2) is 5.79 Å². The van der Waals surface area contributed by atoms with Crippen LogP contribution < -0.4 is 5.48 Å². The molecule has 1 heterocycles. The second kappa shape index (κ2) is 10.2. The highest BCUT2D eigenvalue weighted by Crippen LogP contribution is 2.38. The van der Waals surface area contributed by atoms with Crippen molar-refractivity contribution in [3.63, 3.8) is 0 Å². The van der Waals surface area contributed by atoms with Crippen LogP contribution in [-0.2, 0) is 24.9 Å². The van der Waals surface area contributed by atoms with E-state index in [0.29, 0.717) is 19.6 Å². The van der Waals surface area contributed by atoms with E-state index in [2.05, 4.69) is 29.7 Å². The third-order valence-electron chi connectivity index (χ3n) is 4.41. The Morgan fingerprint density at radius 3 is 2.15 bits per heavy atom. The number of hydroxylamine groups is 1. The lowest BCUT2D eigenvalue weighted by Crippen LogP contribution is -2.36. The van der Waals surface area contributed by atoms with E-state index in [1.54, 1.807) is 0 Å². The molecule has 1 fully saturated rings. The Labute approximate surface area is 161 Å². The predicted molar refractivity (Wildman–Crippen MR) is 106 cm³/mol. The standard InChI is InChI=1S/C20H23NO4.C2H6/c1-15(19(22)21-23-2)14-20(24-12-13-25-20)18-10-8-17(9-11-18)16-6-4-3-5-7-16;1-2/h3-11,15H,12-14H2,1-2H3,(H,21,22);1-2H3/t15-;/m0./s1. The number of carbonyl (C=O) groups is 1. The van der Waals surface area contributed by atoms with E-state index in [0.717, 1.165) is 16.7 Å². The van der Waals surface area contributed by atoms with Gasteiger partial charge in [-0.1, -0.05) is 75.4 Å². The molecule has 146 valence electrons. The van der Waals surface area contributed by atoms with Crippen LogP contribution >= 0.6 is 0 Å². The lowest BCUT2D eigenvalue weighted by Gasteiger charge is -2.30. The Balaban J connectivity index is 0.00000126. The average Bonchev–Trinajstić information content (AvgIpc) is 3.20. The fourth-order valence-corrected chi connectivity index (χ4v) is 3.10. The van der Waals surface area contributed by atoms with Crippen LogP contribution in [0.4, 0.5) is 0 Å². The lowest BCUT2D eigenvalue weighted by molar-refractivity contribution is -0.182. The Kier molecular flexibility index (Phi) is 7.98. The van der Waals surface area contributed by atoms with E-state index < -0.39 is 5.79 Å². The smallest absolute Gasteiger partial charge is 0.246 e. The topological polar surface area (TPSA) is 56.8 Å². The van der Waals surface area contributed by atoms with Crippen LogP contribution in [0.5, 0.6) is 0 Å². The Bertz CT molecular complexity index is 694. The highest BCUT2D eigenvalue weighted by molar-refractivity contribution is 5.77. The largest absolute Gasteiger partial charge is 0.343 e. The molecule has 1 amide bonds. The SMILES string of the molecule is CC.CONC(=O)[C@@H](C)CC1(c2ccc(-c3ccccc3)cc2)OCCO1. The van der Waals surface area contributed by atoms with E-state index in [-0.39, 0.29) is 11.8 Å². The van der Waals surface area contributed by atoms with Crippen LogP contribution in [0.2, 0.25) is 0 Å². The summed E-state index contributed by atoms with van der Waals surface area (Å²) in [6.45, 7) is 6.86. The Morgan fingerprint density at radius 1 is 1.04 bits per heavy atom. The van der Waals surface area contributed by atoms with Gasteiger partial charge in [0.2, 0.25) is 5.91 Å². The van der Waals surface area contributed by atoms with E-state index >= 15 is 0 Å². The number of hydrogen-bond donors (Lipinski definition) is 1. The van der Waals surface area contributed by atoms with Crippen LogP contribution in [0.3, 0.4) is 0 Å². The molecule has 1 atom stereocenters. The maximum absolute atomic E-state index is 12.0. The van der Waals surface area contributed by atoms with Crippen LogP contribution in [0, 0.1) is 5.92 Å². The summed E-state index contributed by atoms with van der Waals surface area (Å²) in [4.78, 5) is 16.7. The molecule has 0 spiro atoms. The van der Waals surface area contributed by atoms with E-state index in [4.69, 9.17) is 14.3 Å². The van der Waals surface area contributed by atoms with Crippen molar-refractivity contribution in [1.82, 2.24) is 5.48 Å². The zero-order chi connectivity index (χ0) is 19.7. The van der Waals surface area contributed by atoms with Gasteiger partial charge in [-0.2, -0.15) is 0 Å². The first-order valence-corrected chi connectivity index (χ1v) is 9.41. The van der Waals surface area contributed by atoms with Gasteiger partial charge in [-0.3, -0.25) is 9.63 Å². The van der Waals surface area contributed by atoms with Gasteiger partial charge in [-0.25, -0.2) is 5.48 Å². The van der Waals surface area contributed by atoms with Crippen molar-refractivity contribution in [3.05, 3.63) is 60.2 Å². The molecular formula is C22H29NO4. The van der Waals surface area contributed by atoms with Crippen LogP contribution in [0.15, 0.2) is 54.6 Å². The number of carbonyl (C=O) groups excluding carboxylic acids is 1. The molecule has 1 aliphatic rings.